The molecule has 1 unspecified atom stereocenters. The van der Waals surface area contributed by atoms with E-state index in [1.165, 1.54) is 11.8 Å². The van der Waals surface area contributed by atoms with Crippen molar-refractivity contribution in [2.45, 2.75) is 31.2 Å². The van der Waals surface area contributed by atoms with Gasteiger partial charge in [0.25, 0.3) is 0 Å². The number of methoxy groups -OCH3 is 1. The van der Waals surface area contributed by atoms with Crippen LogP contribution in [0.1, 0.15) is 31.9 Å². The molecule has 0 aliphatic heterocycles. The van der Waals surface area contributed by atoms with Gasteiger partial charge in [-0.1, -0.05) is 50.2 Å². The number of rotatable bonds is 8. The third-order valence-corrected chi connectivity index (χ3v) is 4.65. The molecule has 0 bridgehead atoms. The van der Waals surface area contributed by atoms with Crippen molar-refractivity contribution in [2.75, 3.05) is 12.9 Å². The molecule has 2 rings (SSSR count). The average Bonchev–Trinajstić information content (AvgIpc) is 2.60. The van der Waals surface area contributed by atoms with Crippen LogP contribution in [0.5, 0.6) is 5.75 Å². The molecule has 2 aromatic carbocycles. The molecule has 1 N–H and O–H groups in total. The Morgan fingerprint density at radius 3 is 2.54 bits per heavy atom. The van der Waals surface area contributed by atoms with Gasteiger partial charge in [-0.2, -0.15) is 0 Å². The molecule has 0 heterocycles. The van der Waals surface area contributed by atoms with Crippen molar-refractivity contribution in [2.24, 2.45) is 5.92 Å². The molecule has 0 aliphatic carbocycles. The van der Waals surface area contributed by atoms with Gasteiger partial charge in [0.2, 0.25) is 5.91 Å². The summed E-state index contributed by atoms with van der Waals surface area (Å²) in [7, 11) is 1.65. The summed E-state index contributed by atoms with van der Waals surface area (Å²) in [6.07, 6.45) is 0.930. The molecule has 1 amide bonds. The van der Waals surface area contributed by atoms with Gasteiger partial charge in [-0.25, -0.2) is 0 Å². The van der Waals surface area contributed by atoms with Crippen LogP contribution in [0.25, 0.3) is 0 Å². The van der Waals surface area contributed by atoms with Crippen molar-refractivity contribution in [3.63, 3.8) is 0 Å². The number of benzene rings is 2. The molecule has 0 saturated carbocycles. The first-order valence-electron chi connectivity index (χ1n) is 8.19. The highest BCUT2D eigenvalue weighted by atomic mass is 32.2. The second-order valence-corrected chi connectivity index (χ2v) is 7.18. The van der Waals surface area contributed by atoms with Gasteiger partial charge >= 0.3 is 0 Å². The Hall–Kier alpha value is -1.94. The molecule has 0 aliphatic rings. The zero-order valence-electron chi connectivity index (χ0n) is 14.5. The lowest BCUT2D eigenvalue weighted by molar-refractivity contribution is -0.119. The number of nitrogens with one attached hydrogen (secondary N) is 1. The van der Waals surface area contributed by atoms with Gasteiger partial charge in [-0.15, -0.1) is 11.8 Å². The third-order valence-electron chi connectivity index (χ3n) is 3.66. The Kier molecular flexibility index (Phi) is 7.19. The van der Waals surface area contributed by atoms with Crippen LogP contribution in [0.2, 0.25) is 0 Å². The highest BCUT2D eigenvalue weighted by Gasteiger charge is 2.16. The number of hydrogen-bond donors (Lipinski definition) is 1. The molecule has 0 radical (unpaired) electrons. The van der Waals surface area contributed by atoms with Gasteiger partial charge in [-0.3, -0.25) is 4.79 Å². The maximum atomic E-state index is 12.4. The summed E-state index contributed by atoms with van der Waals surface area (Å²) in [6, 6.07) is 18.0. The van der Waals surface area contributed by atoms with E-state index in [0.29, 0.717) is 11.7 Å². The predicted molar refractivity (Wildman–Crippen MR) is 100 cm³/mol. The highest BCUT2D eigenvalue weighted by Crippen LogP contribution is 2.24. The number of ether oxygens (including phenoxy) is 1. The van der Waals surface area contributed by atoms with Crippen molar-refractivity contribution < 1.29 is 9.53 Å². The molecule has 4 heteroatoms. The fraction of sp³-hybridized carbons (Fsp3) is 0.350. The molecule has 2 aromatic rings. The van der Waals surface area contributed by atoms with Crippen molar-refractivity contribution >= 4 is 17.7 Å². The molecule has 1 atom stereocenters. The summed E-state index contributed by atoms with van der Waals surface area (Å²) in [5, 5.41) is 3.17. The number of carbonyl (C=O) groups is 1. The fourth-order valence-electron chi connectivity index (χ4n) is 2.51. The molecule has 24 heavy (non-hydrogen) atoms. The Morgan fingerprint density at radius 1 is 1.12 bits per heavy atom. The van der Waals surface area contributed by atoms with Crippen molar-refractivity contribution in [3.8, 4) is 5.75 Å². The van der Waals surface area contributed by atoms with Gasteiger partial charge in [0, 0.05) is 4.90 Å². The minimum atomic E-state index is 0.0531. The van der Waals surface area contributed by atoms with Crippen LogP contribution in [0.15, 0.2) is 59.5 Å². The van der Waals surface area contributed by atoms with Gasteiger partial charge in [0.15, 0.2) is 0 Å². The molecule has 0 saturated heterocycles. The lowest BCUT2D eigenvalue weighted by Gasteiger charge is -2.21. The van der Waals surface area contributed by atoms with Crippen molar-refractivity contribution in [1.29, 1.82) is 0 Å². The van der Waals surface area contributed by atoms with Crippen LogP contribution in [-0.4, -0.2) is 18.8 Å². The lowest BCUT2D eigenvalue weighted by atomic mass is 9.97. The first-order chi connectivity index (χ1) is 11.6. The minimum absolute atomic E-state index is 0.0531. The van der Waals surface area contributed by atoms with E-state index in [2.05, 4.69) is 31.3 Å². The van der Waals surface area contributed by atoms with Crippen LogP contribution >= 0.6 is 11.8 Å². The summed E-state index contributed by atoms with van der Waals surface area (Å²) in [6.45, 7) is 4.35. The summed E-state index contributed by atoms with van der Waals surface area (Å²) >= 11 is 1.52. The Balaban J connectivity index is 1.94. The second kappa shape index (κ2) is 9.38. The molecular weight excluding hydrogens is 318 g/mol. The van der Waals surface area contributed by atoms with Gasteiger partial charge in [0.1, 0.15) is 5.75 Å². The van der Waals surface area contributed by atoms with E-state index in [1.54, 1.807) is 7.11 Å². The average molecular weight is 343 g/mol. The number of amides is 1. The zero-order valence-corrected chi connectivity index (χ0v) is 15.3. The summed E-state index contributed by atoms with van der Waals surface area (Å²) in [5.41, 5.74) is 1.16. The minimum Gasteiger partial charge on any atom is -0.497 e. The Morgan fingerprint density at radius 2 is 1.88 bits per heavy atom. The van der Waals surface area contributed by atoms with Gasteiger partial charge in [-0.05, 0) is 36.1 Å². The van der Waals surface area contributed by atoms with Crippen LogP contribution in [0.3, 0.4) is 0 Å². The van der Waals surface area contributed by atoms with Gasteiger partial charge in [0.05, 0.1) is 18.9 Å². The Labute approximate surface area is 148 Å². The quantitative estimate of drug-likeness (QED) is 0.707. The smallest absolute Gasteiger partial charge is 0.230 e. The summed E-state index contributed by atoms with van der Waals surface area (Å²) in [4.78, 5) is 13.4. The van der Waals surface area contributed by atoms with Crippen molar-refractivity contribution in [3.05, 3.63) is 60.2 Å². The molecular formula is C20H25NO2S. The van der Waals surface area contributed by atoms with Gasteiger partial charge < -0.3 is 10.1 Å². The normalized spacial score (nSPS) is 12.0. The van der Waals surface area contributed by atoms with E-state index in [1.807, 2.05) is 42.5 Å². The first kappa shape index (κ1) is 18.4. The third kappa shape index (κ3) is 5.93. The van der Waals surface area contributed by atoms with Crippen LogP contribution in [-0.2, 0) is 4.79 Å². The van der Waals surface area contributed by atoms with Crippen LogP contribution in [0, 0.1) is 5.92 Å². The van der Waals surface area contributed by atoms with Crippen LogP contribution < -0.4 is 10.1 Å². The number of carbonyl (C=O) groups excluding carboxylic acids is 1. The lowest BCUT2D eigenvalue weighted by Crippen LogP contribution is -2.30. The monoisotopic (exact) mass is 343 g/mol. The van der Waals surface area contributed by atoms with E-state index in [-0.39, 0.29) is 11.9 Å². The predicted octanol–water partition coefficient (Wildman–Crippen LogP) is 4.69. The SMILES string of the molecule is COc1cccc(SCC(=O)NC(CC(C)C)c2ccccc2)c1. The first-order valence-corrected chi connectivity index (χ1v) is 9.18. The highest BCUT2D eigenvalue weighted by molar-refractivity contribution is 8.00. The number of hydrogen-bond acceptors (Lipinski definition) is 3. The Bertz CT molecular complexity index is 643. The molecule has 128 valence electrons. The molecule has 0 spiro atoms. The van der Waals surface area contributed by atoms with Crippen molar-refractivity contribution in [1.82, 2.24) is 5.32 Å². The standard InChI is InChI=1S/C20H25NO2S/c1-15(2)12-19(16-8-5-4-6-9-16)21-20(22)14-24-18-11-7-10-17(13-18)23-3/h4-11,13,15,19H,12,14H2,1-3H3,(H,21,22). The van der Waals surface area contributed by atoms with E-state index >= 15 is 0 Å². The largest absolute Gasteiger partial charge is 0.497 e. The summed E-state index contributed by atoms with van der Waals surface area (Å²) in [5.74, 6) is 1.77. The molecule has 0 aromatic heterocycles. The fourth-order valence-corrected chi connectivity index (χ4v) is 3.27. The van der Waals surface area contributed by atoms with Crippen LogP contribution in [0.4, 0.5) is 0 Å². The van der Waals surface area contributed by atoms with E-state index < -0.39 is 0 Å². The maximum Gasteiger partial charge on any atom is 0.230 e. The maximum absolute atomic E-state index is 12.4. The summed E-state index contributed by atoms with van der Waals surface area (Å²) < 4.78 is 5.21. The second-order valence-electron chi connectivity index (χ2n) is 6.13. The van der Waals surface area contributed by atoms with E-state index in [9.17, 15) is 4.79 Å². The number of thioether (sulfide) groups is 1. The van der Waals surface area contributed by atoms with E-state index in [0.717, 1.165) is 22.6 Å². The molecule has 0 fully saturated rings. The van der Waals surface area contributed by atoms with E-state index in [4.69, 9.17) is 4.74 Å². The molecule has 3 nitrogen and oxygen atoms in total. The topological polar surface area (TPSA) is 38.3 Å². The zero-order chi connectivity index (χ0) is 17.4.